The van der Waals surface area contributed by atoms with Crippen LogP contribution in [-0.2, 0) is 9.53 Å². The molecular weight excluding hydrogens is 402 g/mol. The topological polar surface area (TPSA) is 78.9 Å². The molecule has 0 spiro atoms. The Balaban J connectivity index is 1.34. The Labute approximate surface area is 180 Å². The highest BCUT2D eigenvalue weighted by Gasteiger charge is 2.32. The number of aromatic nitrogens is 2. The predicted molar refractivity (Wildman–Crippen MR) is 115 cm³/mol. The van der Waals surface area contributed by atoms with Gasteiger partial charge in [-0.3, -0.25) is 4.79 Å². The molecule has 8 nitrogen and oxygen atoms in total. The lowest BCUT2D eigenvalue weighted by Crippen LogP contribution is -2.53. The summed E-state index contributed by atoms with van der Waals surface area (Å²) in [5.41, 5.74) is 0.873. The number of anilines is 1. The number of hydrogen-bond acceptors (Lipinski definition) is 7. The van der Waals surface area contributed by atoms with Crippen LogP contribution in [0.1, 0.15) is 19.8 Å². The summed E-state index contributed by atoms with van der Waals surface area (Å²) in [6.07, 6.45) is 1.54. The van der Waals surface area contributed by atoms with Gasteiger partial charge < -0.3 is 19.4 Å². The molecule has 2 fully saturated rings. The van der Waals surface area contributed by atoms with Crippen molar-refractivity contribution in [3.63, 3.8) is 0 Å². The van der Waals surface area contributed by atoms with Crippen molar-refractivity contribution >= 4 is 29.2 Å². The van der Waals surface area contributed by atoms with Gasteiger partial charge in [0, 0.05) is 39.3 Å². The number of ether oxygens (including phenoxy) is 1. The molecule has 0 N–H and O–H groups in total. The van der Waals surface area contributed by atoms with Gasteiger partial charge in [-0.05, 0) is 43.3 Å². The normalized spacial score (nSPS) is 19.6. The van der Waals surface area contributed by atoms with Gasteiger partial charge in [0.05, 0.1) is 17.4 Å². The molecule has 2 aliphatic rings. The third-order valence-corrected chi connectivity index (χ3v) is 6.53. The predicted octanol–water partition coefficient (Wildman–Crippen LogP) is 2.72. The molecule has 2 saturated heterocycles. The Bertz CT molecular complexity index is 850. The van der Waals surface area contributed by atoms with E-state index in [4.69, 9.17) is 4.74 Å². The van der Waals surface area contributed by atoms with Crippen LogP contribution >= 0.6 is 11.3 Å². The van der Waals surface area contributed by atoms with E-state index in [-0.39, 0.29) is 17.9 Å². The van der Waals surface area contributed by atoms with E-state index < -0.39 is 0 Å². The minimum Gasteiger partial charge on any atom is -0.450 e. The number of piperidine rings is 1. The zero-order chi connectivity index (χ0) is 20.9. The summed E-state index contributed by atoms with van der Waals surface area (Å²) in [4.78, 5) is 31.7. The SMILES string of the molecule is CCOC(=O)N1CCN(C(=O)C2CCCN(c3ccc(-c4cccs4)nn3)C2)CC1. The maximum Gasteiger partial charge on any atom is 0.409 e. The van der Waals surface area contributed by atoms with Crippen molar-refractivity contribution < 1.29 is 14.3 Å². The van der Waals surface area contributed by atoms with Crippen molar-refractivity contribution in [2.75, 3.05) is 50.8 Å². The lowest BCUT2D eigenvalue weighted by molar-refractivity contribution is -0.137. The average Bonchev–Trinajstić information content (AvgIpc) is 3.34. The lowest BCUT2D eigenvalue weighted by Gasteiger charge is -2.38. The number of nitrogens with zero attached hydrogens (tertiary/aromatic N) is 5. The van der Waals surface area contributed by atoms with Crippen LogP contribution in [0.15, 0.2) is 29.6 Å². The maximum absolute atomic E-state index is 13.1. The Morgan fingerprint density at radius 1 is 1.10 bits per heavy atom. The highest BCUT2D eigenvalue weighted by molar-refractivity contribution is 7.13. The zero-order valence-corrected chi connectivity index (χ0v) is 18.0. The molecule has 2 aromatic heterocycles. The number of thiophene rings is 1. The summed E-state index contributed by atoms with van der Waals surface area (Å²) in [6, 6.07) is 8.02. The minimum atomic E-state index is -0.294. The van der Waals surface area contributed by atoms with Crippen molar-refractivity contribution in [2.45, 2.75) is 19.8 Å². The standard InChI is InChI=1S/C21H27N5O3S/c1-2-29-21(28)25-12-10-24(11-13-25)20(27)16-5-3-9-26(15-16)19-8-7-17(22-23-19)18-6-4-14-30-18/h4,6-8,14,16H,2-3,5,9-13,15H2,1H3. The van der Waals surface area contributed by atoms with Gasteiger partial charge in [0.15, 0.2) is 5.82 Å². The molecule has 0 radical (unpaired) electrons. The second-order valence-corrected chi connectivity index (χ2v) is 8.50. The zero-order valence-electron chi connectivity index (χ0n) is 17.2. The number of piperazine rings is 1. The van der Waals surface area contributed by atoms with Crippen molar-refractivity contribution in [1.29, 1.82) is 0 Å². The van der Waals surface area contributed by atoms with E-state index in [1.165, 1.54) is 0 Å². The summed E-state index contributed by atoms with van der Waals surface area (Å²) < 4.78 is 5.05. The highest BCUT2D eigenvalue weighted by atomic mass is 32.1. The number of carbonyl (C=O) groups is 2. The van der Waals surface area contributed by atoms with Crippen LogP contribution < -0.4 is 4.90 Å². The van der Waals surface area contributed by atoms with Crippen LogP contribution in [0.2, 0.25) is 0 Å². The van der Waals surface area contributed by atoms with Gasteiger partial charge in [-0.25, -0.2) is 4.79 Å². The number of hydrogen-bond donors (Lipinski definition) is 0. The van der Waals surface area contributed by atoms with E-state index in [2.05, 4.69) is 15.1 Å². The van der Waals surface area contributed by atoms with E-state index in [0.717, 1.165) is 35.8 Å². The molecule has 2 amide bonds. The smallest absolute Gasteiger partial charge is 0.409 e. The van der Waals surface area contributed by atoms with Gasteiger partial charge in [0.25, 0.3) is 0 Å². The second kappa shape index (κ2) is 9.42. The van der Waals surface area contributed by atoms with Crippen LogP contribution in [0.4, 0.5) is 10.6 Å². The first-order valence-corrected chi connectivity index (χ1v) is 11.4. The molecule has 9 heteroatoms. The van der Waals surface area contributed by atoms with E-state index in [0.29, 0.717) is 39.3 Å². The molecule has 30 heavy (non-hydrogen) atoms. The third kappa shape index (κ3) is 4.56. The summed E-state index contributed by atoms with van der Waals surface area (Å²) in [7, 11) is 0. The summed E-state index contributed by atoms with van der Waals surface area (Å²) in [6.45, 7) is 5.87. The van der Waals surface area contributed by atoms with Crippen LogP contribution in [0.5, 0.6) is 0 Å². The van der Waals surface area contributed by atoms with Crippen molar-refractivity contribution in [3.8, 4) is 10.6 Å². The Morgan fingerprint density at radius 3 is 2.57 bits per heavy atom. The molecule has 0 bridgehead atoms. The monoisotopic (exact) mass is 429 g/mol. The number of carbonyl (C=O) groups excluding carboxylic acids is 2. The van der Waals surface area contributed by atoms with E-state index in [9.17, 15) is 9.59 Å². The van der Waals surface area contributed by atoms with Gasteiger partial charge in [0.2, 0.25) is 5.91 Å². The molecule has 160 valence electrons. The minimum absolute atomic E-state index is 0.0494. The molecule has 0 aromatic carbocycles. The fraction of sp³-hybridized carbons (Fsp3) is 0.524. The van der Waals surface area contributed by atoms with Crippen molar-refractivity contribution in [3.05, 3.63) is 29.6 Å². The fourth-order valence-electron chi connectivity index (χ4n) is 4.02. The quantitative estimate of drug-likeness (QED) is 0.744. The Morgan fingerprint density at radius 2 is 1.90 bits per heavy atom. The molecule has 1 atom stereocenters. The van der Waals surface area contributed by atoms with Gasteiger partial charge in [-0.2, -0.15) is 0 Å². The van der Waals surface area contributed by atoms with E-state index in [1.54, 1.807) is 23.2 Å². The Kier molecular flexibility index (Phi) is 6.47. The first-order chi connectivity index (χ1) is 14.7. The molecule has 1 unspecified atom stereocenters. The molecule has 2 aliphatic heterocycles. The van der Waals surface area contributed by atoms with E-state index in [1.807, 2.05) is 34.5 Å². The largest absolute Gasteiger partial charge is 0.450 e. The fourth-order valence-corrected chi connectivity index (χ4v) is 4.71. The molecule has 2 aromatic rings. The van der Waals surface area contributed by atoms with Crippen LogP contribution in [0.25, 0.3) is 10.6 Å². The lowest BCUT2D eigenvalue weighted by atomic mass is 9.96. The van der Waals surface area contributed by atoms with Gasteiger partial charge in [0.1, 0.15) is 5.69 Å². The number of rotatable bonds is 4. The molecule has 4 rings (SSSR count). The van der Waals surface area contributed by atoms with Gasteiger partial charge in [-0.15, -0.1) is 21.5 Å². The second-order valence-electron chi connectivity index (χ2n) is 7.55. The average molecular weight is 430 g/mol. The summed E-state index contributed by atoms with van der Waals surface area (Å²) in [5.74, 6) is 0.943. The van der Waals surface area contributed by atoms with Gasteiger partial charge >= 0.3 is 6.09 Å². The molecule has 0 aliphatic carbocycles. The van der Waals surface area contributed by atoms with Crippen LogP contribution in [0.3, 0.4) is 0 Å². The molecule has 4 heterocycles. The molecule has 0 saturated carbocycles. The molecular formula is C21H27N5O3S. The third-order valence-electron chi connectivity index (χ3n) is 5.64. The highest BCUT2D eigenvalue weighted by Crippen LogP contribution is 2.26. The Hall–Kier alpha value is -2.68. The number of amides is 2. The maximum atomic E-state index is 13.1. The van der Waals surface area contributed by atoms with Crippen LogP contribution in [-0.4, -0.2) is 77.9 Å². The van der Waals surface area contributed by atoms with Crippen molar-refractivity contribution in [1.82, 2.24) is 20.0 Å². The summed E-state index contributed by atoms with van der Waals surface area (Å²) in [5, 5.41) is 10.8. The first-order valence-electron chi connectivity index (χ1n) is 10.5. The van der Waals surface area contributed by atoms with Crippen LogP contribution in [0, 0.1) is 5.92 Å². The summed E-state index contributed by atoms with van der Waals surface area (Å²) >= 11 is 1.64. The first kappa shape index (κ1) is 20.6. The van der Waals surface area contributed by atoms with Gasteiger partial charge in [-0.1, -0.05) is 6.07 Å². The van der Waals surface area contributed by atoms with E-state index >= 15 is 0 Å². The van der Waals surface area contributed by atoms with Crippen molar-refractivity contribution in [2.24, 2.45) is 5.92 Å².